The first-order valence-corrected chi connectivity index (χ1v) is 11.6. The van der Waals surface area contributed by atoms with Crippen molar-refractivity contribution < 1.29 is 18.8 Å². The van der Waals surface area contributed by atoms with Gasteiger partial charge in [0.05, 0.1) is 11.1 Å². The third-order valence-corrected chi connectivity index (χ3v) is 6.44. The summed E-state index contributed by atoms with van der Waals surface area (Å²) < 4.78 is 5.96. The van der Waals surface area contributed by atoms with E-state index in [1.807, 2.05) is 30.3 Å². The molecule has 1 fully saturated rings. The standard InChI is InChI=1S/C27H21N5O4/c33-25(27(35)32-13-11-31(12-14-32)26(34)20-6-3-4-9-28-20)19-16-30-23-18(19)8-10-29-24(23)22-15-17-5-1-2-7-21(17)36-22/h1-10,15-16,30H,11-14H2. The number of benzene rings is 1. The van der Waals surface area contributed by atoms with Crippen molar-refractivity contribution in [1.29, 1.82) is 0 Å². The zero-order chi connectivity index (χ0) is 24.6. The highest BCUT2D eigenvalue weighted by molar-refractivity contribution is 6.45. The van der Waals surface area contributed by atoms with Gasteiger partial charge in [-0.15, -0.1) is 0 Å². The van der Waals surface area contributed by atoms with Crippen molar-refractivity contribution in [3.63, 3.8) is 0 Å². The van der Waals surface area contributed by atoms with Crippen LogP contribution >= 0.6 is 0 Å². The molecule has 4 aromatic heterocycles. The van der Waals surface area contributed by atoms with E-state index < -0.39 is 11.7 Å². The Hall–Kier alpha value is -4.79. The SMILES string of the molecule is O=C(C(=O)N1CCN(C(=O)c2ccccn2)CC1)c1c[nH]c2c(-c3cc4ccccc4o3)nccc12. The Morgan fingerprint density at radius 1 is 0.861 bits per heavy atom. The lowest BCUT2D eigenvalue weighted by atomic mass is 10.1. The van der Waals surface area contributed by atoms with Crippen molar-refractivity contribution in [2.24, 2.45) is 0 Å². The van der Waals surface area contributed by atoms with Crippen molar-refractivity contribution in [3.8, 4) is 11.5 Å². The van der Waals surface area contributed by atoms with Gasteiger partial charge in [-0.25, -0.2) is 0 Å². The molecule has 1 aliphatic heterocycles. The van der Waals surface area contributed by atoms with Crippen LogP contribution in [0.25, 0.3) is 33.3 Å². The van der Waals surface area contributed by atoms with E-state index in [9.17, 15) is 14.4 Å². The molecule has 178 valence electrons. The van der Waals surface area contributed by atoms with Crippen LogP contribution in [0.1, 0.15) is 20.8 Å². The number of hydrogen-bond acceptors (Lipinski definition) is 6. The molecule has 1 N–H and O–H groups in total. The number of nitrogens with zero attached hydrogens (tertiary/aromatic N) is 4. The van der Waals surface area contributed by atoms with Gasteiger partial charge in [0.15, 0.2) is 5.76 Å². The molecule has 1 aliphatic rings. The Labute approximate surface area is 205 Å². The third kappa shape index (κ3) is 3.70. The number of aromatic amines is 1. The van der Waals surface area contributed by atoms with Gasteiger partial charge in [-0.05, 0) is 30.3 Å². The molecule has 1 aromatic carbocycles. The Balaban J connectivity index is 1.21. The summed E-state index contributed by atoms with van der Waals surface area (Å²) >= 11 is 0. The van der Waals surface area contributed by atoms with E-state index in [0.29, 0.717) is 41.1 Å². The monoisotopic (exact) mass is 479 g/mol. The number of piperazine rings is 1. The Morgan fingerprint density at radius 3 is 2.42 bits per heavy atom. The molecule has 1 saturated heterocycles. The average Bonchev–Trinajstić information content (AvgIpc) is 3.57. The maximum absolute atomic E-state index is 13.2. The number of ketones is 1. The Bertz CT molecular complexity index is 1580. The zero-order valence-corrected chi connectivity index (χ0v) is 19.2. The van der Waals surface area contributed by atoms with E-state index in [1.165, 1.54) is 4.90 Å². The summed E-state index contributed by atoms with van der Waals surface area (Å²) in [5, 5.41) is 1.55. The van der Waals surface area contributed by atoms with Crippen molar-refractivity contribution in [2.45, 2.75) is 0 Å². The van der Waals surface area contributed by atoms with Crippen LogP contribution in [0.3, 0.4) is 0 Å². The Morgan fingerprint density at radius 2 is 1.64 bits per heavy atom. The van der Waals surface area contributed by atoms with Crippen molar-refractivity contribution in [1.82, 2.24) is 24.8 Å². The number of hydrogen-bond donors (Lipinski definition) is 1. The fourth-order valence-electron chi connectivity index (χ4n) is 4.55. The van der Waals surface area contributed by atoms with Gasteiger partial charge in [-0.3, -0.25) is 24.4 Å². The molecule has 5 aromatic rings. The second-order valence-corrected chi connectivity index (χ2v) is 8.56. The molecular formula is C27H21N5O4. The summed E-state index contributed by atoms with van der Waals surface area (Å²) in [5.41, 5.74) is 2.57. The van der Waals surface area contributed by atoms with Gasteiger partial charge >= 0.3 is 0 Å². The second kappa shape index (κ2) is 8.77. The number of aromatic nitrogens is 3. The number of furan rings is 1. The normalized spacial score (nSPS) is 13.9. The molecule has 2 amide bonds. The number of fused-ring (bicyclic) bond motifs is 2. The quantitative estimate of drug-likeness (QED) is 0.312. The van der Waals surface area contributed by atoms with Crippen LogP contribution in [-0.2, 0) is 4.79 Å². The number of rotatable bonds is 4. The van der Waals surface area contributed by atoms with E-state index >= 15 is 0 Å². The van der Waals surface area contributed by atoms with E-state index in [2.05, 4.69) is 15.0 Å². The average molecular weight is 479 g/mol. The minimum absolute atomic E-state index is 0.184. The zero-order valence-electron chi connectivity index (χ0n) is 19.2. The molecule has 6 rings (SSSR count). The number of H-pyrrole nitrogens is 1. The molecule has 0 spiro atoms. The van der Waals surface area contributed by atoms with Gasteiger partial charge in [0.1, 0.15) is 17.0 Å². The van der Waals surface area contributed by atoms with Crippen molar-refractivity contribution in [2.75, 3.05) is 26.2 Å². The summed E-state index contributed by atoms with van der Waals surface area (Å²) in [5.74, 6) is -0.811. The lowest BCUT2D eigenvalue weighted by molar-refractivity contribution is -0.127. The second-order valence-electron chi connectivity index (χ2n) is 8.56. The molecule has 5 heterocycles. The first-order valence-electron chi connectivity index (χ1n) is 11.6. The largest absolute Gasteiger partial charge is 0.454 e. The smallest absolute Gasteiger partial charge is 0.295 e. The van der Waals surface area contributed by atoms with Crippen LogP contribution in [0.4, 0.5) is 0 Å². The van der Waals surface area contributed by atoms with E-state index in [-0.39, 0.29) is 24.6 Å². The molecule has 36 heavy (non-hydrogen) atoms. The highest BCUT2D eigenvalue weighted by Crippen LogP contribution is 2.32. The molecule has 0 saturated carbocycles. The highest BCUT2D eigenvalue weighted by atomic mass is 16.3. The summed E-state index contributed by atoms with van der Waals surface area (Å²) in [6.07, 6.45) is 4.71. The molecule has 0 radical (unpaired) electrons. The Kier molecular flexibility index (Phi) is 5.29. The van der Waals surface area contributed by atoms with Gasteiger partial charge in [0, 0.05) is 55.5 Å². The summed E-state index contributed by atoms with van der Waals surface area (Å²) in [4.78, 5) is 53.7. The van der Waals surface area contributed by atoms with E-state index in [4.69, 9.17) is 4.42 Å². The molecule has 0 atom stereocenters. The number of amides is 2. The van der Waals surface area contributed by atoms with Crippen LogP contribution < -0.4 is 0 Å². The van der Waals surface area contributed by atoms with Crippen LogP contribution in [0, 0.1) is 0 Å². The van der Waals surface area contributed by atoms with Crippen LogP contribution in [0.5, 0.6) is 0 Å². The van der Waals surface area contributed by atoms with Gasteiger partial charge in [-0.2, -0.15) is 0 Å². The molecular weight excluding hydrogens is 458 g/mol. The minimum Gasteiger partial charge on any atom is -0.454 e. The predicted molar refractivity (Wildman–Crippen MR) is 132 cm³/mol. The minimum atomic E-state index is -0.604. The summed E-state index contributed by atoms with van der Waals surface area (Å²) in [7, 11) is 0. The lowest BCUT2D eigenvalue weighted by Gasteiger charge is -2.34. The van der Waals surface area contributed by atoms with Crippen LogP contribution in [-0.4, -0.2) is 68.5 Å². The van der Waals surface area contributed by atoms with E-state index in [1.54, 1.807) is 47.8 Å². The van der Waals surface area contributed by atoms with E-state index in [0.717, 1.165) is 11.0 Å². The number of para-hydroxylation sites is 1. The van der Waals surface area contributed by atoms with Gasteiger partial charge in [-0.1, -0.05) is 24.3 Å². The molecule has 0 aliphatic carbocycles. The molecule has 9 nitrogen and oxygen atoms in total. The topological polar surface area (TPSA) is 112 Å². The van der Waals surface area contributed by atoms with Gasteiger partial charge in [0.2, 0.25) is 0 Å². The van der Waals surface area contributed by atoms with Crippen LogP contribution in [0.2, 0.25) is 0 Å². The fraction of sp³-hybridized carbons (Fsp3) is 0.148. The number of nitrogens with one attached hydrogen (secondary N) is 1. The number of carbonyl (C=O) groups is 3. The first-order chi connectivity index (χ1) is 17.6. The lowest BCUT2D eigenvalue weighted by Crippen LogP contribution is -2.52. The highest BCUT2D eigenvalue weighted by Gasteiger charge is 2.30. The first kappa shape index (κ1) is 21.7. The fourth-order valence-corrected chi connectivity index (χ4v) is 4.55. The third-order valence-electron chi connectivity index (χ3n) is 6.44. The molecule has 0 bridgehead atoms. The summed E-state index contributed by atoms with van der Waals surface area (Å²) in [6, 6.07) is 16.4. The predicted octanol–water partition coefficient (Wildman–Crippen LogP) is 3.54. The summed E-state index contributed by atoms with van der Waals surface area (Å²) in [6.45, 7) is 1.22. The number of pyridine rings is 2. The number of Topliss-reactive ketones (excluding diaryl/α,β-unsaturated/α-hetero) is 1. The molecule has 0 unspecified atom stereocenters. The maximum Gasteiger partial charge on any atom is 0.295 e. The number of carbonyl (C=O) groups excluding carboxylic acids is 3. The van der Waals surface area contributed by atoms with Crippen LogP contribution in [0.15, 0.2) is 77.6 Å². The van der Waals surface area contributed by atoms with Gasteiger partial charge < -0.3 is 19.2 Å². The molecule has 9 heteroatoms. The maximum atomic E-state index is 13.2. The van der Waals surface area contributed by atoms with Crippen molar-refractivity contribution in [3.05, 3.63) is 84.4 Å². The van der Waals surface area contributed by atoms with Gasteiger partial charge in [0.25, 0.3) is 17.6 Å². The van der Waals surface area contributed by atoms with Crippen molar-refractivity contribution >= 4 is 39.5 Å².